The second kappa shape index (κ2) is 5.26. The second-order valence-corrected chi connectivity index (χ2v) is 4.41. The molecule has 0 amide bonds. The number of carbonyl (C=O) groups is 2. The van der Waals surface area contributed by atoms with E-state index in [1.807, 2.05) is 0 Å². The standard InChI is InChI=1S/C4H2Cl4O4.Na.H/c5-3(6,1(9)10)4(7,8)2(11)12;;/h(H,9,10)(H,11,12);;. The Kier molecular flexibility index (Phi) is 6.68. The summed E-state index contributed by atoms with van der Waals surface area (Å²) in [6, 6.07) is 0. The molecule has 13 heavy (non-hydrogen) atoms. The van der Waals surface area contributed by atoms with E-state index >= 15 is 0 Å². The molecule has 0 aromatic carbocycles. The van der Waals surface area contributed by atoms with Gasteiger partial charge in [0.25, 0.3) is 8.67 Å². The molecule has 0 heterocycles. The summed E-state index contributed by atoms with van der Waals surface area (Å²) in [6.07, 6.45) is 0. The second-order valence-electron chi connectivity index (χ2n) is 1.76. The van der Waals surface area contributed by atoms with Crippen molar-refractivity contribution in [2.24, 2.45) is 0 Å². The Morgan fingerprint density at radius 2 is 1.00 bits per heavy atom. The van der Waals surface area contributed by atoms with Crippen LogP contribution in [0.4, 0.5) is 0 Å². The average Bonchev–Trinajstić information content (AvgIpc) is 1.86. The first-order valence-corrected chi connectivity index (χ1v) is 3.87. The van der Waals surface area contributed by atoms with Crippen molar-refractivity contribution in [1.29, 1.82) is 0 Å². The molecule has 72 valence electrons. The molecule has 0 aliphatic rings. The van der Waals surface area contributed by atoms with Gasteiger partial charge in [0.1, 0.15) is 0 Å². The number of carboxylic acids is 2. The molecule has 9 heteroatoms. The number of hydrogen-bond acceptors (Lipinski definition) is 2. The fraction of sp³-hybridized carbons (Fsp3) is 0.500. The van der Waals surface area contributed by atoms with Gasteiger partial charge in [-0.05, 0) is 0 Å². The van der Waals surface area contributed by atoms with E-state index in [4.69, 9.17) is 56.6 Å². The number of aliphatic carboxylic acids is 2. The van der Waals surface area contributed by atoms with Gasteiger partial charge in [0.05, 0.1) is 0 Å². The zero-order chi connectivity index (χ0) is 10.2. The van der Waals surface area contributed by atoms with Gasteiger partial charge < -0.3 is 10.2 Å². The molecular weight excluding hydrogens is 277 g/mol. The topological polar surface area (TPSA) is 74.6 Å². The molecule has 0 saturated carbocycles. The van der Waals surface area contributed by atoms with E-state index in [0.717, 1.165) is 0 Å². The van der Waals surface area contributed by atoms with Crippen molar-refractivity contribution in [3.05, 3.63) is 0 Å². The van der Waals surface area contributed by atoms with Crippen LogP contribution in [0.2, 0.25) is 0 Å². The molecule has 2 N–H and O–H groups in total. The number of carboxylic acid groups (broad SMARTS) is 2. The third-order valence-electron chi connectivity index (χ3n) is 0.932. The Labute approximate surface area is 115 Å². The summed E-state index contributed by atoms with van der Waals surface area (Å²) in [4.78, 5) is 20.6. The molecule has 0 rings (SSSR count). The number of hydrogen-bond donors (Lipinski definition) is 2. The molecule has 0 radical (unpaired) electrons. The van der Waals surface area contributed by atoms with Crippen LogP contribution in [0.1, 0.15) is 0 Å². The van der Waals surface area contributed by atoms with Crippen molar-refractivity contribution in [3.63, 3.8) is 0 Å². The average molecular weight is 280 g/mol. The van der Waals surface area contributed by atoms with Crippen LogP contribution in [0.15, 0.2) is 0 Å². The monoisotopic (exact) mass is 278 g/mol. The SMILES string of the molecule is O=C(O)C(Cl)(Cl)C(Cl)(Cl)C(=O)O.[NaH]. The summed E-state index contributed by atoms with van der Waals surface area (Å²) >= 11 is 20.3. The maximum absolute atomic E-state index is 10.3. The van der Waals surface area contributed by atoms with Gasteiger partial charge in [-0.15, -0.1) is 0 Å². The van der Waals surface area contributed by atoms with Crippen molar-refractivity contribution < 1.29 is 19.8 Å². The number of halogens is 4. The fourth-order valence-corrected chi connectivity index (χ4v) is 0.592. The van der Waals surface area contributed by atoms with Gasteiger partial charge in [0.2, 0.25) is 0 Å². The van der Waals surface area contributed by atoms with Crippen LogP contribution in [0, 0.1) is 0 Å². The third-order valence-corrected chi connectivity index (χ3v) is 3.10. The van der Waals surface area contributed by atoms with E-state index in [1.54, 1.807) is 0 Å². The van der Waals surface area contributed by atoms with E-state index in [-0.39, 0.29) is 29.6 Å². The Balaban J connectivity index is 0. The molecule has 0 saturated heterocycles. The van der Waals surface area contributed by atoms with Crippen LogP contribution in [0.5, 0.6) is 0 Å². The molecule has 0 unspecified atom stereocenters. The Bertz CT molecular complexity index is 204. The molecule has 0 atom stereocenters. The van der Waals surface area contributed by atoms with Crippen LogP contribution < -0.4 is 0 Å². The van der Waals surface area contributed by atoms with Crippen LogP contribution in [0.3, 0.4) is 0 Å². The summed E-state index contributed by atoms with van der Waals surface area (Å²) in [5.41, 5.74) is 0. The van der Waals surface area contributed by atoms with E-state index in [9.17, 15) is 9.59 Å². The van der Waals surface area contributed by atoms with Crippen LogP contribution in [0.25, 0.3) is 0 Å². The Hall–Kier alpha value is 1.10. The van der Waals surface area contributed by atoms with Crippen molar-refractivity contribution >= 4 is 87.9 Å². The first-order valence-electron chi connectivity index (χ1n) is 2.36. The van der Waals surface area contributed by atoms with E-state index in [2.05, 4.69) is 0 Å². The normalized spacial score (nSPS) is 11.7. The van der Waals surface area contributed by atoms with Crippen molar-refractivity contribution in [3.8, 4) is 0 Å². The molecule has 4 nitrogen and oxygen atoms in total. The minimum absolute atomic E-state index is 0. The molecule has 0 aromatic rings. The Morgan fingerprint density at radius 1 is 0.846 bits per heavy atom. The van der Waals surface area contributed by atoms with E-state index in [1.165, 1.54) is 0 Å². The van der Waals surface area contributed by atoms with Crippen molar-refractivity contribution in [1.82, 2.24) is 0 Å². The van der Waals surface area contributed by atoms with E-state index < -0.39 is 20.6 Å². The van der Waals surface area contributed by atoms with Crippen molar-refractivity contribution in [2.45, 2.75) is 8.67 Å². The van der Waals surface area contributed by atoms with Gasteiger partial charge in [-0.25, -0.2) is 9.59 Å². The van der Waals surface area contributed by atoms with Gasteiger partial charge in [0.15, 0.2) is 0 Å². The third kappa shape index (κ3) is 3.30. The minimum atomic E-state index is -2.79. The van der Waals surface area contributed by atoms with Crippen LogP contribution in [-0.4, -0.2) is 60.4 Å². The maximum atomic E-state index is 10.3. The zero-order valence-corrected chi connectivity index (χ0v) is 8.25. The summed E-state index contributed by atoms with van der Waals surface area (Å²) in [5.74, 6) is -3.67. The molecule has 0 aliphatic heterocycles. The molecular formula is C4H3Cl4NaO4. The molecule has 0 bridgehead atoms. The summed E-state index contributed by atoms with van der Waals surface area (Å²) in [6.45, 7) is 0. The first-order chi connectivity index (χ1) is 5.14. The molecule has 0 fully saturated rings. The molecule has 0 aromatic heterocycles. The van der Waals surface area contributed by atoms with Gasteiger partial charge >= 0.3 is 41.5 Å². The van der Waals surface area contributed by atoms with E-state index in [0.29, 0.717) is 0 Å². The first kappa shape index (κ1) is 16.5. The van der Waals surface area contributed by atoms with Crippen molar-refractivity contribution in [2.75, 3.05) is 0 Å². The van der Waals surface area contributed by atoms with Crippen LogP contribution in [-0.2, 0) is 9.59 Å². The van der Waals surface area contributed by atoms with Gasteiger partial charge in [-0.2, -0.15) is 0 Å². The number of alkyl halides is 4. The summed E-state index contributed by atoms with van der Waals surface area (Å²) in [7, 11) is 0. The predicted octanol–water partition coefficient (Wildman–Crippen LogP) is 0.855. The van der Waals surface area contributed by atoms with Gasteiger partial charge in [0, 0.05) is 0 Å². The molecule has 0 aliphatic carbocycles. The molecule has 0 spiro atoms. The summed E-state index contributed by atoms with van der Waals surface area (Å²) < 4.78 is -5.58. The summed E-state index contributed by atoms with van der Waals surface area (Å²) in [5, 5.41) is 16.7. The zero-order valence-electron chi connectivity index (χ0n) is 5.22. The van der Waals surface area contributed by atoms with Crippen LogP contribution >= 0.6 is 46.4 Å². The van der Waals surface area contributed by atoms with Gasteiger partial charge in [-0.1, -0.05) is 46.4 Å². The fourth-order valence-electron chi connectivity index (χ4n) is 0.269. The quantitative estimate of drug-likeness (QED) is 0.593. The number of rotatable bonds is 3. The van der Waals surface area contributed by atoms with Gasteiger partial charge in [-0.3, -0.25) is 0 Å². The predicted molar refractivity (Wildman–Crippen MR) is 51.3 cm³/mol. The Morgan fingerprint density at radius 3 is 1.08 bits per heavy atom.